The van der Waals surface area contributed by atoms with Crippen molar-refractivity contribution < 1.29 is 27.7 Å². The van der Waals surface area contributed by atoms with Gasteiger partial charge < -0.3 is 4.57 Å². The molecule has 4 aromatic carbocycles. The highest BCUT2D eigenvalue weighted by molar-refractivity contribution is 7.80. The van der Waals surface area contributed by atoms with Crippen LogP contribution in [0.4, 0.5) is 24.5 Å². The zero-order valence-electron chi connectivity index (χ0n) is 23.6. The number of hydrogen-bond acceptors (Lipinski definition) is 5. The highest BCUT2D eigenvalue weighted by atomic mass is 32.1. The molecule has 2 heterocycles. The number of rotatable bonds is 6. The summed E-state index contributed by atoms with van der Waals surface area (Å²) in [7, 11) is 0. The Hall–Kier alpha value is -5.88. The van der Waals surface area contributed by atoms with Crippen LogP contribution in [0, 0.1) is 10.1 Å². The Kier molecular flexibility index (Phi) is 7.80. The van der Waals surface area contributed by atoms with Crippen LogP contribution in [0.15, 0.2) is 121 Å². The summed E-state index contributed by atoms with van der Waals surface area (Å²) in [6.07, 6.45) is -3.30. The quantitative estimate of drug-likeness (QED) is 0.0681. The first kappa shape index (κ1) is 30.2. The number of amides is 2. The lowest BCUT2D eigenvalue weighted by atomic mass is 10.0. The number of anilines is 1. The first-order valence-corrected chi connectivity index (χ1v) is 14.1. The molecule has 0 radical (unpaired) electrons. The number of nitrogens with zero attached hydrogens (tertiary/aromatic N) is 3. The third-order valence-electron chi connectivity index (χ3n) is 7.30. The Balaban J connectivity index is 1.57. The van der Waals surface area contributed by atoms with Crippen molar-refractivity contribution >= 4 is 46.6 Å². The summed E-state index contributed by atoms with van der Waals surface area (Å²) in [6, 6.07) is 30.2. The standard InChI is InChI=1S/C34H21F3N4O4S/c35-34(36,37)24-12-7-13-27(20-24)40-32(43)28(31(42)38-33(40)46)18-23-19-29(21-8-3-1-4-9-21)39(30(23)22-10-5-2-6-11-22)25-14-16-26(17-15-25)41(44)45/h1-20H,(H,38,42,46)/b28-18-. The summed E-state index contributed by atoms with van der Waals surface area (Å²) in [6.45, 7) is 0. The van der Waals surface area contributed by atoms with Gasteiger partial charge in [-0.05, 0) is 65.8 Å². The lowest BCUT2D eigenvalue weighted by Crippen LogP contribution is -2.54. The number of non-ortho nitro benzene ring substituents is 1. The molecule has 6 rings (SSSR count). The first-order valence-electron chi connectivity index (χ1n) is 13.7. The van der Waals surface area contributed by atoms with Crippen LogP contribution in [0.25, 0.3) is 34.3 Å². The Morgan fingerprint density at radius 3 is 2.02 bits per heavy atom. The molecule has 1 N–H and O–H groups in total. The fourth-order valence-electron chi connectivity index (χ4n) is 5.21. The second kappa shape index (κ2) is 11.9. The number of carbonyl (C=O) groups is 2. The van der Waals surface area contributed by atoms with Gasteiger partial charge in [-0.15, -0.1) is 0 Å². The lowest BCUT2D eigenvalue weighted by molar-refractivity contribution is -0.384. The largest absolute Gasteiger partial charge is 0.416 e. The van der Waals surface area contributed by atoms with Gasteiger partial charge in [0.15, 0.2) is 5.11 Å². The minimum absolute atomic E-state index is 0.101. The molecule has 5 aromatic rings. The van der Waals surface area contributed by atoms with Gasteiger partial charge in [-0.2, -0.15) is 13.2 Å². The molecular weight excluding hydrogens is 617 g/mol. The molecule has 1 aliphatic rings. The van der Waals surface area contributed by atoms with Crippen molar-refractivity contribution in [3.8, 4) is 28.2 Å². The Morgan fingerprint density at radius 1 is 0.783 bits per heavy atom. The first-order chi connectivity index (χ1) is 22.0. The smallest absolute Gasteiger partial charge is 0.309 e. The predicted molar refractivity (Wildman–Crippen MR) is 171 cm³/mol. The second-order valence-electron chi connectivity index (χ2n) is 10.2. The Bertz CT molecular complexity index is 2040. The highest BCUT2D eigenvalue weighted by Gasteiger charge is 2.37. The molecule has 0 unspecified atom stereocenters. The van der Waals surface area contributed by atoms with Crippen LogP contribution in [0.2, 0.25) is 0 Å². The van der Waals surface area contributed by atoms with E-state index in [0.29, 0.717) is 28.2 Å². The maximum Gasteiger partial charge on any atom is 0.416 e. The number of thiocarbonyl (C=S) groups is 1. The number of benzene rings is 4. The zero-order valence-corrected chi connectivity index (χ0v) is 24.4. The van der Waals surface area contributed by atoms with E-state index in [1.165, 1.54) is 24.3 Å². The summed E-state index contributed by atoms with van der Waals surface area (Å²) in [5, 5.41) is 13.5. The van der Waals surface area contributed by atoms with Gasteiger partial charge in [-0.25, -0.2) is 0 Å². The van der Waals surface area contributed by atoms with Crippen LogP contribution in [0.3, 0.4) is 0 Å². The van der Waals surface area contributed by atoms with E-state index in [4.69, 9.17) is 12.2 Å². The fraction of sp³-hybridized carbons (Fsp3) is 0.0294. The minimum Gasteiger partial charge on any atom is -0.309 e. The summed E-state index contributed by atoms with van der Waals surface area (Å²) >= 11 is 5.21. The number of halogens is 3. The number of alkyl halides is 3. The maximum absolute atomic E-state index is 13.9. The third kappa shape index (κ3) is 5.69. The summed E-state index contributed by atoms with van der Waals surface area (Å²) in [5.74, 6) is -1.72. The molecule has 0 aliphatic carbocycles. The highest BCUT2D eigenvalue weighted by Crippen LogP contribution is 2.38. The minimum atomic E-state index is -4.67. The van der Waals surface area contributed by atoms with Gasteiger partial charge >= 0.3 is 6.18 Å². The van der Waals surface area contributed by atoms with Crippen molar-refractivity contribution in [1.82, 2.24) is 9.88 Å². The molecule has 0 atom stereocenters. The topological polar surface area (TPSA) is 97.5 Å². The number of nitro groups is 1. The van der Waals surface area contributed by atoms with Gasteiger partial charge in [0, 0.05) is 23.4 Å². The van der Waals surface area contributed by atoms with Crippen molar-refractivity contribution in [2.75, 3.05) is 4.90 Å². The van der Waals surface area contributed by atoms with Crippen molar-refractivity contribution in [3.63, 3.8) is 0 Å². The average molecular weight is 639 g/mol. The van der Waals surface area contributed by atoms with Gasteiger partial charge in [-0.1, -0.05) is 66.7 Å². The summed E-state index contributed by atoms with van der Waals surface area (Å²) in [4.78, 5) is 38.8. The van der Waals surface area contributed by atoms with Gasteiger partial charge in [-0.3, -0.25) is 29.9 Å². The van der Waals surface area contributed by atoms with E-state index in [0.717, 1.165) is 28.7 Å². The van der Waals surface area contributed by atoms with Gasteiger partial charge in [0.1, 0.15) is 5.57 Å². The molecule has 1 saturated heterocycles. The molecule has 46 heavy (non-hydrogen) atoms. The fourth-order valence-corrected chi connectivity index (χ4v) is 5.49. The van der Waals surface area contributed by atoms with Crippen LogP contribution >= 0.6 is 12.2 Å². The molecule has 2 amide bonds. The lowest BCUT2D eigenvalue weighted by Gasteiger charge is -2.29. The molecule has 1 aromatic heterocycles. The van der Waals surface area contributed by atoms with Gasteiger partial charge in [0.2, 0.25) is 0 Å². The SMILES string of the molecule is O=C1NC(=S)N(c2cccc(C(F)(F)F)c2)C(=O)/C1=C\c1cc(-c2ccccc2)n(-c2ccc([N+](=O)[O-])cc2)c1-c1ccccc1. The zero-order chi connectivity index (χ0) is 32.6. The van der Waals surface area contributed by atoms with E-state index >= 15 is 0 Å². The van der Waals surface area contributed by atoms with E-state index in [-0.39, 0.29) is 22.1 Å². The predicted octanol–water partition coefficient (Wildman–Crippen LogP) is 7.57. The summed E-state index contributed by atoms with van der Waals surface area (Å²) in [5.41, 5.74) is 2.07. The van der Waals surface area contributed by atoms with E-state index in [1.54, 1.807) is 18.2 Å². The van der Waals surface area contributed by atoms with Crippen LogP contribution in [0.5, 0.6) is 0 Å². The summed E-state index contributed by atoms with van der Waals surface area (Å²) < 4.78 is 42.3. The van der Waals surface area contributed by atoms with Crippen LogP contribution in [-0.2, 0) is 15.8 Å². The number of carbonyl (C=O) groups excluding carboxylic acids is 2. The molecule has 1 aliphatic heterocycles. The van der Waals surface area contributed by atoms with Crippen molar-refractivity contribution in [1.29, 1.82) is 0 Å². The molecule has 0 saturated carbocycles. The average Bonchev–Trinajstić information content (AvgIpc) is 3.43. The molecule has 1 fully saturated rings. The number of nitro benzene ring substituents is 1. The van der Waals surface area contributed by atoms with Gasteiger partial charge in [0.05, 0.1) is 27.6 Å². The number of nitrogens with one attached hydrogen (secondary N) is 1. The van der Waals surface area contributed by atoms with E-state index < -0.39 is 28.5 Å². The van der Waals surface area contributed by atoms with Crippen molar-refractivity contribution in [2.24, 2.45) is 0 Å². The van der Waals surface area contributed by atoms with E-state index in [1.807, 2.05) is 65.2 Å². The monoisotopic (exact) mass is 638 g/mol. The molecule has 0 spiro atoms. The second-order valence-corrected chi connectivity index (χ2v) is 10.6. The number of aromatic nitrogens is 1. The van der Waals surface area contributed by atoms with E-state index in [9.17, 15) is 32.9 Å². The van der Waals surface area contributed by atoms with Crippen LogP contribution in [-0.4, -0.2) is 26.4 Å². The van der Waals surface area contributed by atoms with Crippen LogP contribution < -0.4 is 10.2 Å². The Labute approximate surface area is 265 Å². The molecule has 8 nitrogen and oxygen atoms in total. The van der Waals surface area contributed by atoms with E-state index in [2.05, 4.69) is 5.32 Å². The van der Waals surface area contributed by atoms with Crippen molar-refractivity contribution in [3.05, 3.63) is 142 Å². The molecular formula is C34H21F3N4O4S. The molecule has 0 bridgehead atoms. The maximum atomic E-state index is 13.9. The Morgan fingerprint density at radius 2 is 1.41 bits per heavy atom. The molecule has 228 valence electrons. The number of hydrogen-bond donors (Lipinski definition) is 1. The van der Waals surface area contributed by atoms with Crippen molar-refractivity contribution in [2.45, 2.75) is 6.18 Å². The van der Waals surface area contributed by atoms with Gasteiger partial charge in [0.25, 0.3) is 17.5 Å². The molecule has 12 heteroatoms. The normalized spacial score (nSPS) is 14.5. The van der Waals surface area contributed by atoms with Crippen LogP contribution in [0.1, 0.15) is 11.1 Å². The third-order valence-corrected chi connectivity index (χ3v) is 7.58.